The summed E-state index contributed by atoms with van der Waals surface area (Å²) < 4.78 is 1.21. The van der Waals surface area contributed by atoms with Gasteiger partial charge in [-0.25, -0.2) is 0 Å². The van der Waals surface area contributed by atoms with Gasteiger partial charge in [-0.15, -0.1) is 0 Å². The predicted octanol–water partition coefficient (Wildman–Crippen LogP) is 3.33. The van der Waals surface area contributed by atoms with Crippen LogP contribution in [-0.4, -0.2) is 31.1 Å². The average Bonchev–Trinajstić information content (AvgIpc) is 2.40. The second-order valence-electron chi connectivity index (χ2n) is 5.16. The van der Waals surface area contributed by atoms with E-state index in [0.717, 1.165) is 13.1 Å². The van der Waals surface area contributed by atoms with Crippen LogP contribution in [0.3, 0.4) is 0 Å². The zero-order valence-corrected chi connectivity index (χ0v) is 12.8. The van der Waals surface area contributed by atoms with Crippen LogP contribution in [0.4, 0.5) is 0 Å². The second kappa shape index (κ2) is 7.27. The maximum absolute atomic E-state index is 3.58. The van der Waals surface area contributed by atoms with Crippen LogP contribution in [0.15, 0.2) is 22.7 Å². The summed E-state index contributed by atoms with van der Waals surface area (Å²) in [6.07, 6.45) is 4.18. The number of nitrogens with one attached hydrogen (secondary N) is 1. The number of likely N-dealkylation sites (tertiary alicyclic amines) is 1. The van der Waals surface area contributed by atoms with Crippen LogP contribution in [0.2, 0.25) is 0 Å². The normalized spacial score (nSPS) is 17.0. The number of hydrogen-bond acceptors (Lipinski definition) is 2. The summed E-state index contributed by atoms with van der Waals surface area (Å²) in [4.78, 5) is 2.57. The highest BCUT2D eigenvalue weighted by Gasteiger charge is 2.08. The van der Waals surface area contributed by atoms with Crippen LogP contribution in [0.5, 0.6) is 0 Å². The average molecular weight is 311 g/mol. The van der Waals surface area contributed by atoms with Crippen molar-refractivity contribution in [3.05, 3.63) is 33.8 Å². The van der Waals surface area contributed by atoms with E-state index >= 15 is 0 Å². The van der Waals surface area contributed by atoms with Gasteiger partial charge in [0.15, 0.2) is 0 Å². The first-order valence-corrected chi connectivity index (χ1v) is 7.73. The Hall–Kier alpha value is -0.380. The topological polar surface area (TPSA) is 15.3 Å². The predicted molar refractivity (Wildman–Crippen MR) is 80.9 cm³/mol. The smallest absolute Gasteiger partial charge is 0.0207 e. The number of nitrogens with zero attached hydrogens (tertiary/aromatic N) is 1. The minimum atomic E-state index is 0.965. The summed E-state index contributed by atoms with van der Waals surface area (Å²) in [6, 6.07) is 6.59. The van der Waals surface area contributed by atoms with E-state index < -0.39 is 0 Å². The number of benzene rings is 1. The van der Waals surface area contributed by atoms with Gasteiger partial charge in [-0.2, -0.15) is 0 Å². The molecule has 0 spiro atoms. The van der Waals surface area contributed by atoms with Gasteiger partial charge >= 0.3 is 0 Å². The van der Waals surface area contributed by atoms with E-state index in [1.165, 1.54) is 54.5 Å². The summed E-state index contributed by atoms with van der Waals surface area (Å²) in [6.45, 7) is 7.94. The maximum atomic E-state index is 3.58. The minimum absolute atomic E-state index is 0.965. The van der Waals surface area contributed by atoms with Gasteiger partial charge in [0, 0.05) is 24.1 Å². The van der Waals surface area contributed by atoms with Crippen molar-refractivity contribution in [2.45, 2.75) is 32.7 Å². The molecular formula is C15H23BrN2. The molecule has 2 rings (SSSR count). The lowest BCUT2D eigenvalue weighted by atomic mass is 10.1. The SMILES string of the molecule is Cc1ccc(CNCCN2CCCCC2)cc1Br. The molecule has 0 saturated carbocycles. The van der Waals surface area contributed by atoms with Crippen LogP contribution in [0.1, 0.15) is 30.4 Å². The third kappa shape index (κ3) is 4.38. The molecule has 100 valence electrons. The van der Waals surface area contributed by atoms with Gasteiger partial charge in [-0.3, -0.25) is 0 Å². The summed E-state index contributed by atoms with van der Waals surface area (Å²) in [5.41, 5.74) is 2.65. The number of piperidine rings is 1. The fourth-order valence-electron chi connectivity index (χ4n) is 2.40. The maximum Gasteiger partial charge on any atom is 0.0207 e. The van der Waals surface area contributed by atoms with Crippen molar-refractivity contribution in [3.8, 4) is 0 Å². The quantitative estimate of drug-likeness (QED) is 0.839. The zero-order valence-electron chi connectivity index (χ0n) is 11.2. The molecule has 0 atom stereocenters. The fourth-order valence-corrected chi connectivity index (χ4v) is 2.83. The van der Waals surface area contributed by atoms with Crippen LogP contribution < -0.4 is 5.32 Å². The van der Waals surface area contributed by atoms with Crippen molar-refractivity contribution in [1.82, 2.24) is 10.2 Å². The number of hydrogen-bond donors (Lipinski definition) is 1. The van der Waals surface area contributed by atoms with Gasteiger partial charge in [0.1, 0.15) is 0 Å². The van der Waals surface area contributed by atoms with Crippen LogP contribution in [0.25, 0.3) is 0 Å². The Morgan fingerprint density at radius 3 is 2.72 bits per heavy atom. The zero-order chi connectivity index (χ0) is 12.8. The van der Waals surface area contributed by atoms with Gasteiger partial charge in [-0.05, 0) is 50.0 Å². The molecule has 1 aromatic carbocycles. The molecule has 2 nitrogen and oxygen atoms in total. The number of halogens is 1. The Kier molecular flexibility index (Phi) is 5.67. The molecule has 0 aromatic heterocycles. The molecule has 1 aliphatic heterocycles. The van der Waals surface area contributed by atoms with Crippen molar-refractivity contribution in [1.29, 1.82) is 0 Å². The Morgan fingerprint density at radius 1 is 1.22 bits per heavy atom. The van der Waals surface area contributed by atoms with Crippen LogP contribution in [-0.2, 0) is 6.54 Å². The Labute approximate surface area is 119 Å². The molecule has 18 heavy (non-hydrogen) atoms. The molecule has 1 saturated heterocycles. The van der Waals surface area contributed by atoms with E-state index in [9.17, 15) is 0 Å². The van der Waals surface area contributed by atoms with E-state index in [-0.39, 0.29) is 0 Å². The second-order valence-corrected chi connectivity index (χ2v) is 6.02. The summed E-state index contributed by atoms with van der Waals surface area (Å²) in [5.74, 6) is 0. The van der Waals surface area contributed by atoms with E-state index in [1.54, 1.807) is 0 Å². The summed E-state index contributed by atoms with van der Waals surface area (Å²) >= 11 is 3.58. The van der Waals surface area contributed by atoms with Gasteiger partial charge in [0.05, 0.1) is 0 Å². The number of aryl methyl sites for hydroxylation is 1. The first kappa shape index (κ1) is 14.0. The van der Waals surface area contributed by atoms with E-state index in [2.05, 4.69) is 51.3 Å². The molecule has 0 radical (unpaired) electrons. The third-order valence-corrected chi connectivity index (χ3v) is 4.47. The van der Waals surface area contributed by atoms with Gasteiger partial charge in [0.25, 0.3) is 0 Å². The van der Waals surface area contributed by atoms with E-state index in [1.807, 2.05) is 0 Å². The molecule has 1 aliphatic rings. The Bertz CT molecular complexity index is 373. The van der Waals surface area contributed by atoms with Crippen molar-refractivity contribution in [2.75, 3.05) is 26.2 Å². The summed E-state index contributed by atoms with van der Waals surface area (Å²) in [5, 5.41) is 3.53. The lowest BCUT2D eigenvalue weighted by Gasteiger charge is -2.26. The third-order valence-electron chi connectivity index (χ3n) is 3.62. The molecule has 3 heteroatoms. The monoisotopic (exact) mass is 310 g/mol. The first-order chi connectivity index (χ1) is 8.75. The Morgan fingerprint density at radius 2 is 2.00 bits per heavy atom. The summed E-state index contributed by atoms with van der Waals surface area (Å²) in [7, 11) is 0. The molecule has 1 aromatic rings. The lowest BCUT2D eigenvalue weighted by Crippen LogP contribution is -2.35. The van der Waals surface area contributed by atoms with Crippen molar-refractivity contribution in [2.24, 2.45) is 0 Å². The minimum Gasteiger partial charge on any atom is -0.311 e. The molecular weight excluding hydrogens is 288 g/mol. The van der Waals surface area contributed by atoms with E-state index in [4.69, 9.17) is 0 Å². The molecule has 0 aliphatic carbocycles. The molecule has 0 unspecified atom stereocenters. The molecule has 0 bridgehead atoms. The first-order valence-electron chi connectivity index (χ1n) is 6.94. The highest BCUT2D eigenvalue weighted by molar-refractivity contribution is 9.10. The van der Waals surface area contributed by atoms with Crippen LogP contribution >= 0.6 is 15.9 Å². The van der Waals surface area contributed by atoms with Crippen molar-refractivity contribution in [3.63, 3.8) is 0 Å². The van der Waals surface area contributed by atoms with Gasteiger partial charge < -0.3 is 10.2 Å². The standard InChI is InChI=1S/C15H23BrN2/c1-13-5-6-14(11-15(13)16)12-17-7-10-18-8-3-2-4-9-18/h5-6,11,17H,2-4,7-10,12H2,1H3. The highest BCUT2D eigenvalue weighted by atomic mass is 79.9. The Balaban J connectivity index is 1.66. The largest absolute Gasteiger partial charge is 0.311 e. The molecule has 1 fully saturated rings. The lowest BCUT2D eigenvalue weighted by molar-refractivity contribution is 0.229. The highest BCUT2D eigenvalue weighted by Crippen LogP contribution is 2.17. The van der Waals surface area contributed by atoms with E-state index in [0.29, 0.717) is 0 Å². The molecule has 1 heterocycles. The van der Waals surface area contributed by atoms with Crippen molar-refractivity contribution < 1.29 is 0 Å². The molecule has 0 amide bonds. The van der Waals surface area contributed by atoms with Crippen LogP contribution in [0, 0.1) is 6.92 Å². The molecule has 1 N–H and O–H groups in total. The van der Waals surface area contributed by atoms with Gasteiger partial charge in [-0.1, -0.05) is 34.5 Å². The number of rotatable bonds is 5. The van der Waals surface area contributed by atoms with Crippen molar-refractivity contribution >= 4 is 15.9 Å². The fraction of sp³-hybridized carbons (Fsp3) is 0.600. The van der Waals surface area contributed by atoms with Gasteiger partial charge in [0.2, 0.25) is 0 Å².